The highest BCUT2D eigenvalue weighted by atomic mass is 35.5. The van der Waals surface area contributed by atoms with Gasteiger partial charge in [0.25, 0.3) is 5.69 Å². The van der Waals surface area contributed by atoms with Gasteiger partial charge in [-0.15, -0.1) is 11.8 Å². The summed E-state index contributed by atoms with van der Waals surface area (Å²) >= 11 is 13.1. The number of aliphatic hydroxyl groups is 1. The van der Waals surface area contributed by atoms with E-state index >= 15 is 0 Å². The van der Waals surface area contributed by atoms with Gasteiger partial charge < -0.3 is 5.11 Å². The van der Waals surface area contributed by atoms with Crippen LogP contribution < -0.4 is 0 Å². The van der Waals surface area contributed by atoms with Crippen LogP contribution in [0.15, 0.2) is 17.0 Å². The molecule has 0 aromatic heterocycles. The van der Waals surface area contributed by atoms with Crippen molar-refractivity contribution >= 4 is 40.7 Å². The van der Waals surface area contributed by atoms with Gasteiger partial charge in [0.15, 0.2) is 0 Å². The molecule has 0 saturated heterocycles. The predicted octanol–water partition coefficient (Wildman–Crippen LogP) is 3.37. The van der Waals surface area contributed by atoms with E-state index < -0.39 is 4.92 Å². The lowest BCUT2D eigenvalue weighted by Crippen LogP contribution is -2.02. The average molecular weight is 282 g/mol. The monoisotopic (exact) mass is 281 g/mol. The summed E-state index contributed by atoms with van der Waals surface area (Å²) in [6, 6.07) is 2.50. The summed E-state index contributed by atoms with van der Waals surface area (Å²) in [7, 11) is 0. The van der Waals surface area contributed by atoms with Gasteiger partial charge in [-0.2, -0.15) is 0 Å². The third-order valence-corrected chi connectivity index (χ3v) is 3.82. The second-order valence-corrected chi connectivity index (χ2v) is 5.37. The smallest absolute Gasteiger partial charge is 0.272 e. The lowest BCUT2D eigenvalue weighted by Gasteiger charge is -2.10. The van der Waals surface area contributed by atoms with Crippen LogP contribution in [-0.4, -0.2) is 21.9 Å². The third-order valence-electron chi connectivity index (χ3n) is 1.77. The largest absolute Gasteiger partial charge is 0.395 e. The number of nitro groups is 1. The molecular weight excluding hydrogens is 273 g/mol. The summed E-state index contributed by atoms with van der Waals surface area (Å²) in [5.74, 6) is 0. The quantitative estimate of drug-likeness (QED) is 0.522. The standard InChI is InChI=1S/C9H9Cl2NO3S/c1-5(4-13)16-9-7(10)2-6(12(14)15)3-8(9)11/h2-3,5,13H,4H2,1H3. The van der Waals surface area contributed by atoms with Gasteiger partial charge in [-0.3, -0.25) is 10.1 Å². The Morgan fingerprint density at radius 1 is 1.50 bits per heavy atom. The van der Waals surface area contributed by atoms with Crippen molar-refractivity contribution in [3.05, 3.63) is 32.3 Å². The molecule has 0 fully saturated rings. The lowest BCUT2D eigenvalue weighted by atomic mass is 10.3. The lowest BCUT2D eigenvalue weighted by molar-refractivity contribution is -0.384. The average Bonchev–Trinajstić information content (AvgIpc) is 2.22. The van der Waals surface area contributed by atoms with E-state index in [9.17, 15) is 10.1 Å². The van der Waals surface area contributed by atoms with Gasteiger partial charge in [0.2, 0.25) is 0 Å². The Kier molecular flexibility index (Phi) is 4.86. The molecule has 0 spiro atoms. The van der Waals surface area contributed by atoms with Crippen LogP contribution in [-0.2, 0) is 0 Å². The number of benzene rings is 1. The zero-order valence-corrected chi connectivity index (χ0v) is 10.6. The van der Waals surface area contributed by atoms with Crippen molar-refractivity contribution in [2.45, 2.75) is 17.1 Å². The highest BCUT2D eigenvalue weighted by Gasteiger charge is 2.16. The van der Waals surface area contributed by atoms with Crippen LogP contribution in [0.5, 0.6) is 0 Å². The Labute approximate surface area is 107 Å². The van der Waals surface area contributed by atoms with Gasteiger partial charge in [-0.05, 0) is 0 Å². The second-order valence-electron chi connectivity index (χ2n) is 3.11. The minimum atomic E-state index is -0.554. The van der Waals surface area contributed by atoms with E-state index in [2.05, 4.69) is 0 Å². The fourth-order valence-corrected chi connectivity index (χ4v) is 2.57. The van der Waals surface area contributed by atoms with Crippen molar-refractivity contribution in [3.63, 3.8) is 0 Å². The van der Waals surface area contributed by atoms with Gasteiger partial charge >= 0.3 is 0 Å². The molecule has 1 aromatic rings. The fourth-order valence-electron chi connectivity index (χ4n) is 1.00. The maximum Gasteiger partial charge on any atom is 0.272 e. The SMILES string of the molecule is CC(CO)Sc1c(Cl)cc([N+](=O)[O-])cc1Cl. The van der Waals surface area contributed by atoms with Crippen LogP contribution in [0.3, 0.4) is 0 Å². The van der Waals surface area contributed by atoms with Crippen LogP contribution in [0.2, 0.25) is 10.0 Å². The summed E-state index contributed by atoms with van der Waals surface area (Å²) in [5.41, 5.74) is -0.143. The number of hydrogen-bond donors (Lipinski definition) is 1. The molecule has 0 bridgehead atoms. The molecule has 88 valence electrons. The van der Waals surface area contributed by atoms with Crippen LogP contribution in [0.4, 0.5) is 5.69 Å². The molecule has 1 atom stereocenters. The second kappa shape index (κ2) is 5.72. The molecular formula is C9H9Cl2NO3S. The van der Waals surface area contributed by atoms with Crippen LogP contribution in [0.1, 0.15) is 6.92 Å². The van der Waals surface area contributed by atoms with Crippen molar-refractivity contribution in [2.75, 3.05) is 6.61 Å². The number of non-ortho nitro benzene ring substituents is 1. The molecule has 1 N–H and O–H groups in total. The molecule has 1 unspecified atom stereocenters. The molecule has 4 nitrogen and oxygen atoms in total. The van der Waals surface area contributed by atoms with E-state index in [1.165, 1.54) is 23.9 Å². The Bertz CT molecular complexity index is 391. The molecule has 16 heavy (non-hydrogen) atoms. The predicted molar refractivity (Wildman–Crippen MR) is 65.5 cm³/mol. The zero-order valence-electron chi connectivity index (χ0n) is 8.31. The summed E-state index contributed by atoms with van der Waals surface area (Å²) in [5, 5.41) is 19.8. The van der Waals surface area contributed by atoms with E-state index in [-0.39, 0.29) is 27.6 Å². The first-order chi connectivity index (χ1) is 7.45. The van der Waals surface area contributed by atoms with E-state index in [1.807, 2.05) is 0 Å². The first-order valence-electron chi connectivity index (χ1n) is 4.36. The van der Waals surface area contributed by atoms with E-state index in [0.29, 0.717) is 4.90 Å². The van der Waals surface area contributed by atoms with E-state index in [1.54, 1.807) is 6.92 Å². The van der Waals surface area contributed by atoms with E-state index in [4.69, 9.17) is 28.3 Å². The number of hydrogen-bond acceptors (Lipinski definition) is 4. The van der Waals surface area contributed by atoms with Crippen LogP contribution in [0, 0.1) is 10.1 Å². The zero-order chi connectivity index (χ0) is 12.3. The number of aliphatic hydroxyl groups excluding tert-OH is 1. The Hall–Kier alpha value is -0.490. The summed E-state index contributed by atoms with van der Waals surface area (Å²) in [4.78, 5) is 10.5. The molecule has 0 radical (unpaired) electrons. The van der Waals surface area contributed by atoms with Crippen molar-refractivity contribution in [3.8, 4) is 0 Å². The van der Waals surface area contributed by atoms with Crippen LogP contribution >= 0.6 is 35.0 Å². The highest BCUT2D eigenvalue weighted by molar-refractivity contribution is 8.00. The molecule has 0 heterocycles. The van der Waals surface area contributed by atoms with E-state index in [0.717, 1.165) is 0 Å². The van der Waals surface area contributed by atoms with Gasteiger partial charge in [0.1, 0.15) is 0 Å². The topological polar surface area (TPSA) is 63.4 Å². The minimum Gasteiger partial charge on any atom is -0.395 e. The highest BCUT2D eigenvalue weighted by Crippen LogP contribution is 2.39. The molecule has 1 rings (SSSR count). The summed E-state index contributed by atoms with van der Waals surface area (Å²) < 4.78 is 0. The Morgan fingerprint density at radius 2 is 2.00 bits per heavy atom. The maximum absolute atomic E-state index is 10.5. The maximum atomic E-state index is 10.5. The normalized spacial score (nSPS) is 12.5. The molecule has 0 amide bonds. The Morgan fingerprint density at radius 3 is 2.38 bits per heavy atom. The third kappa shape index (κ3) is 3.25. The number of nitro benzene ring substituents is 1. The number of rotatable bonds is 4. The first-order valence-corrected chi connectivity index (χ1v) is 6.00. The number of nitrogens with zero attached hydrogens (tertiary/aromatic N) is 1. The molecule has 7 heteroatoms. The molecule has 0 saturated carbocycles. The summed E-state index contributed by atoms with van der Waals surface area (Å²) in [6.07, 6.45) is 0. The molecule has 0 aliphatic carbocycles. The number of thioether (sulfide) groups is 1. The Balaban J connectivity index is 3.07. The van der Waals surface area contributed by atoms with Crippen molar-refractivity contribution < 1.29 is 10.0 Å². The van der Waals surface area contributed by atoms with Gasteiger partial charge in [-0.25, -0.2) is 0 Å². The fraction of sp³-hybridized carbons (Fsp3) is 0.333. The van der Waals surface area contributed by atoms with Gasteiger partial charge in [0.05, 0.1) is 21.6 Å². The minimum absolute atomic E-state index is 0.0195. The number of halogens is 2. The molecule has 0 aliphatic rings. The summed E-state index contributed by atoms with van der Waals surface area (Å²) in [6.45, 7) is 1.78. The van der Waals surface area contributed by atoms with Crippen molar-refractivity contribution in [2.24, 2.45) is 0 Å². The van der Waals surface area contributed by atoms with Gasteiger partial charge in [-0.1, -0.05) is 30.1 Å². The molecule has 0 aliphatic heterocycles. The van der Waals surface area contributed by atoms with Crippen molar-refractivity contribution in [1.29, 1.82) is 0 Å². The molecule has 1 aromatic carbocycles. The first kappa shape index (κ1) is 13.6. The van der Waals surface area contributed by atoms with Crippen LogP contribution in [0.25, 0.3) is 0 Å². The van der Waals surface area contributed by atoms with Gasteiger partial charge in [0, 0.05) is 22.3 Å². The van der Waals surface area contributed by atoms with Crippen molar-refractivity contribution in [1.82, 2.24) is 0 Å².